The maximum Gasteiger partial charge on any atom is 0.328 e. The van der Waals surface area contributed by atoms with Crippen molar-refractivity contribution in [2.45, 2.75) is 70.6 Å². The predicted octanol–water partition coefficient (Wildman–Crippen LogP) is 2.51. The molecule has 116 valence electrons. The quantitative estimate of drug-likeness (QED) is 0.661. The summed E-state index contributed by atoms with van der Waals surface area (Å²) in [6, 6.07) is 0.471. The van der Waals surface area contributed by atoms with Gasteiger partial charge in [0, 0.05) is 6.04 Å². The summed E-state index contributed by atoms with van der Waals surface area (Å²) in [5, 5.41) is 3.53. The van der Waals surface area contributed by atoms with Gasteiger partial charge in [-0.1, -0.05) is 13.8 Å². The molecule has 1 N–H and O–H groups in total. The fourth-order valence-corrected chi connectivity index (χ4v) is 2.92. The Kier molecular flexibility index (Phi) is 5.08. The van der Waals surface area contributed by atoms with E-state index >= 15 is 0 Å². The van der Waals surface area contributed by atoms with Gasteiger partial charge in [0.2, 0.25) is 0 Å². The van der Waals surface area contributed by atoms with Gasteiger partial charge in [-0.2, -0.15) is 0 Å². The van der Waals surface area contributed by atoms with E-state index in [1.165, 1.54) is 7.11 Å². The molecule has 0 bridgehead atoms. The zero-order chi connectivity index (χ0) is 14.8. The van der Waals surface area contributed by atoms with Crippen molar-refractivity contribution in [3.05, 3.63) is 0 Å². The number of hydrogen-bond donors (Lipinski definition) is 1. The molecule has 0 radical (unpaired) electrons. The maximum absolute atomic E-state index is 12.3. The summed E-state index contributed by atoms with van der Waals surface area (Å²) in [5.41, 5.74) is -0.610. The van der Waals surface area contributed by atoms with Crippen molar-refractivity contribution in [3.8, 4) is 0 Å². The number of hydrogen-bond acceptors (Lipinski definition) is 4. The molecule has 0 aromatic rings. The summed E-state index contributed by atoms with van der Waals surface area (Å²) in [4.78, 5) is 12.3. The van der Waals surface area contributed by atoms with Crippen molar-refractivity contribution >= 4 is 5.97 Å². The Morgan fingerprint density at radius 1 is 1.25 bits per heavy atom. The van der Waals surface area contributed by atoms with E-state index in [1.807, 2.05) is 0 Å². The van der Waals surface area contributed by atoms with Crippen LogP contribution in [0.4, 0.5) is 0 Å². The number of carbonyl (C=O) groups excluding carboxylic acids is 1. The van der Waals surface area contributed by atoms with Gasteiger partial charge in [0.15, 0.2) is 0 Å². The average Bonchev–Trinajstić information content (AvgIpc) is 3.25. The number of rotatable bonds is 9. The number of methoxy groups -OCH3 is 1. The molecule has 4 nitrogen and oxygen atoms in total. The van der Waals surface area contributed by atoms with Crippen LogP contribution in [-0.4, -0.2) is 37.4 Å². The fraction of sp³-hybridized carbons (Fsp3) is 0.938. The van der Waals surface area contributed by atoms with Gasteiger partial charge in [0.1, 0.15) is 5.54 Å². The Morgan fingerprint density at radius 2 is 1.90 bits per heavy atom. The molecule has 0 saturated heterocycles. The van der Waals surface area contributed by atoms with Crippen LogP contribution in [0.5, 0.6) is 0 Å². The zero-order valence-corrected chi connectivity index (χ0v) is 13.3. The second-order valence-electron chi connectivity index (χ2n) is 6.91. The van der Waals surface area contributed by atoms with E-state index in [9.17, 15) is 4.79 Å². The Hall–Kier alpha value is -0.610. The van der Waals surface area contributed by atoms with Gasteiger partial charge in [-0.25, -0.2) is 4.79 Å². The molecule has 2 unspecified atom stereocenters. The lowest BCUT2D eigenvalue weighted by molar-refractivity contribution is -0.154. The van der Waals surface area contributed by atoms with Gasteiger partial charge in [-0.15, -0.1) is 0 Å². The largest absolute Gasteiger partial charge is 0.468 e. The first-order chi connectivity index (χ1) is 9.48. The Labute approximate surface area is 122 Å². The predicted molar refractivity (Wildman–Crippen MR) is 78.5 cm³/mol. The summed E-state index contributed by atoms with van der Waals surface area (Å²) in [7, 11) is 1.48. The monoisotopic (exact) mass is 283 g/mol. The van der Waals surface area contributed by atoms with Gasteiger partial charge in [0.05, 0.1) is 19.8 Å². The second-order valence-corrected chi connectivity index (χ2v) is 6.91. The highest BCUT2D eigenvalue weighted by molar-refractivity contribution is 5.82. The minimum absolute atomic E-state index is 0.149. The van der Waals surface area contributed by atoms with Gasteiger partial charge in [-0.3, -0.25) is 5.32 Å². The highest BCUT2D eigenvalue weighted by Gasteiger charge is 2.54. The maximum atomic E-state index is 12.3. The molecule has 2 fully saturated rings. The SMILES string of the molecule is COC(=O)C(COC(C)CC(C)C)(NC1CC1)C1CC1. The highest BCUT2D eigenvalue weighted by atomic mass is 16.5. The lowest BCUT2D eigenvalue weighted by atomic mass is 9.93. The van der Waals surface area contributed by atoms with Crippen LogP contribution in [0.3, 0.4) is 0 Å². The van der Waals surface area contributed by atoms with Crippen molar-refractivity contribution in [2.75, 3.05) is 13.7 Å². The van der Waals surface area contributed by atoms with E-state index in [1.54, 1.807) is 0 Å². The molecule has 0 heterocycles. The third-order valence-electron chi connectivity index (χ3n) is 4.26. The summed E-state index contributed by atoms with van der Waals surface area (Å²) < 4.78 is 11.1. The molecular weight excluding hydrogens is 254 g/mol. The van der Waals surface area contributed by atoms with Crippen LogP contribution in [0, 0.1) is 11.8 Å². The van der Waals surface area contributed by atoms with Crippen molar-refractivity contribution in [1.29, 1.82) is 0 Å². The van der Waals surface area contributed by atoms with Crippen molar-refractivity contribution in [3.63, 3.8) is 0 Å². The normalized spacial score (nSPS) is 23.4. The number of ether oxygens (including phenoxy) is 2. The summed E-state index contributed by atoms with van der Waals surface area (Å²) in [5.74, 6) is 0.834. The first-order valence-electron chi connectivity index (χ1n) is 7.95. The molecule has 4 heteroatoms. The molecule has 0 spiro atoms. The third-order valence-corrected chi connectivity index (χ3v) is 4.26. The van der Waals surface area contributed by atoms with Crippen LogP contribution >= 0.6 is 0 Å². The van der Waals surface area contributed by atoms with Crippen molar-refractivity contribution < 1.29 is 14.3 Å². The van der Waals surface area contributed by atoms with Crippen LogP contribution in [0.2, 0.25) is 0 Å². The average molecular weight is 283 g/mol. The zero-order valence-electron chi connectivity index (χ0n) is 13.3. The first-order valence-corrected chi connectivity index (χ1v) is 7.95. The summed E-state index contributed by atoms with van der Waals surface area (Å²) >= 11 is 0. The molecule has 20 heavy (non-hydrogen) atoms. The molecule has 0 aromatic heterocycles. The van der Waals surface area contributed by atoms with E-state index in [0.29, 0.717) is 24.5 Å². The molecule has 2 rings (SSSR count). The second kappa shape index (κ2) is 6.44. The standard InChI is InChI=1S/C16H29NO3/c1-11(2)9-12(3)20-10-16(13-5-6-13,15(18)19-4)17-14-7-8-14/h11-14,17H,5-10H2,1-4H3. The van der Waals surface area contributed by atoms with Gasteiger partial charge in [0.25, 0.3) is 0 Å². The Morgan fingerprint density at radius 3 is 2.35 bits per heavy atom. The van der Waals surface area contributed by atoms with Gasteiger partial charge < -0.3 is 9.47 Å². The molecule has 2 aliphatic rings. The number of esters is 1. The lowest BCUT2D eigenvalue weighted by Gasteiger charge is -2.33. The van der Waals surface area contributed by atoms with Crippen LogP contribution < -0.4 is 5.32 Å². The third kappa shape index (κ3) is 3.95. The van der Waals surface area contributed by atoms with Crippen LogP contribution in [0.25, 0.3) is 0 Å². The molecule has 2 saturated carbocycles. The Balaban J connectivity index is 1.99. The minimum atomic E-state index is -0.610. The molecule has 2 aliphatic carbocycles. The molecule has 2 atom stereocenters. The topological polar surface area (TPSA) is 47.6 Å². The number of nitrogens with one attached hydrogen (secondary N) is 1. The fourth-order valence-electron chi connectivity index (χ4n) is 2.92. The van der Waals surface area contributed by atoms with E-state index < -0.39 is 5.54 Å². The van der Waals surface area contributed by atoms with E-state index in [-0.39, 0.29) is 12.1 Å². The van der Waals surface area contributed by atoms with E-state index in [0.717, 1.165) is 32.1 Å². The Bertz CT molecular complexity index is 337. The summed E-state index contributed by atoms with van der Waals surface area (Å²) in [6.45, 7) is 6.91. The smallest absolute Gasteiger partial charge is 0.328 e. The van der Waals surface area contributed by atoms with Crippen molar-refractivity contribution in [1.82, 2.24) is 5.32 Å². The molecule has 0 aromatic carbocycles. The van der Waals surface area contributed by atoms with Crippen LogP contribution in [0.1, 0.15) is 52.9 Å². The molecule has 0 aliphatic heterocycles. The van der Waals surface area contributed by atoms with Gasteiger partial charge in [-0.05, 0) is 50.9 Å². The molecular formula is C16H29NO3. The summed E-state index contributed by atoms with van der Waals surface area (Å²) in [6.07, 6.45) is 5.71. The van der Waals surface area contributed by atoms with Crippen LogP contribution in [0.15, 0.2) is 0 Å². The highest BCUT2D eigenvalue weighted by Crippen LogP contribution is 2.42. The van der Waals surface area contributed by atoms with Gasteiger partial charge >= 0.3 is 5.97 Å². The van der Waals surface area contributed by atoms with Crippen LogP contribution in [-0.2, 0) is 14.3 Å². The first kappa shape index (κ1) is 15.8. The minimum Gasteiger partial charge on any atom is -0.468 e. The number of carbonyl (C=O) groups is 1. The molecule has 0 amide bonds. The van der Waals surface area contributed by atoms with E-state index in [2.05, 4.69) is 26.1 Å². The lowest BCUT2D eigenvalue weighted by Crippen LogP contribution is -2.59. The van der Waals surface area contributed by atoms with Crippen molar-refractivity contribution in [2.24, 2.45) is 11.8 Å². The van der Waals surface area contributed by atoms with E-state index in [4.69, 9.17) is 9.47 Å².